The summed E-state index contributed by atoms with van der Waals surface area (Å²) in [5.74, 6) is 0.963. The summed E-state index contributed by atoms with van der Waals surface area (Å²) in [4.78, 5) is 13.0. The van der Waals surface area contributed by atoms with Crippen LogP contribution in [0.25, 0.3) is 0 Å². The molecular formula is C24H32N2O5S. The molecule has 0 aliphatic heterocycles. The van der Waals surface area contributed by atoms with Crippen molar-refractivity contribution in [1.29, 1.82) is 0 Å². The Morgan fingerprint density at radius 3 is 1.97 bits per heavy atom. The summed E-state index contributed by atoms with van der Waals surface area (Å²) in [7, 11) is -3.84. The smallest absolute Gasteiger partial charge is 0.243 e. The van der Waals surface area contributed by atoms with Crippen molar-refractivity contribution in [3.63, 3.8) is 0 Å². The summed E-state index contributed by atoms with van der Waals surface area (Å²) >= 11 is 0. The van der Waals surface area contributed by atoms with Crippen LogP contribution in [0, 0.1) is 0 Å². The minimum Gasteiger partial charge on any atom is -0.494 e. The summed E-state index contributed by atoms with van der Waals surface area (Å²) in [6.45, 7) is 4.61. The zero-order chi connectivity index (χ0) is 23.0. The Kier molecular flexibility index (Phi) is 8.53. The lowest BCUT2D eigenvalue weighted by atomic mass is 9.95. The number of rotatable bonds is 10. The number of anilines is 1. The second kappa shape index (κ2) is 11.3. The molecule has 0 bridgehead atoms. The summed E-state index contributed by atoms with van der Waals surface area (Å²) in [5.41, 5.74) is 0.598. The normalized spacial score (nSPS) is 14.8. The van der Waals surface area contributed by atoms with Gasteiger partial charge in [-0.1, -0.05) is 19.3 Å². The van der Waals surface area contributed by atoms with Crippen LogP contribution in [0.3, 0.4) is 0 Å². The first-order chi connectivity index (χ1) is 15.4. The summed E-state index contributed by atoms with van der Waals surface area (Å²) in [6, 6.07) is 13.2. The van der Waals surface area contributed by atoms with Crippen LogP contribution in [-0.2, 0) is 14.8 Å². The van der Waals surface area contributed by atoms with Crippen LogP contribution in [0.5, 0.6) is 11.5 Å². The summed E-state index contributed by atoms with van der Waals surface area (Å²) in [5, 5.41) is 2.81. The number of hydrogen-bond donors (Lipinski definition) is 1. The van der Waals surface area contributed by atoms with Crippen LogP contribution in [0.4, 0.5) is 5.69 Å². The fourth-order valence-corrected chi connectivity index (χ4v) is 5.57. The summed E-state index contributed by atoms with van der Waals surface area (Å²) in [6.07, 6.45) is 4.52. The van der Waals surface area contributed by atoms with E-state index in [1.54, 1.807) is 48.5 Å². The SMILES string of the molecule is CCOc1ccc(NC(=O)CN(C2CCCCC2)S(=O)(=O)c2ccc(OCC)cc2)cc1. The van der Waals surface area contributed by atoms with Gasteiger partial charge in [0, 0.05) is 11.7 Å². The molecule has 0 spiro atoms. The molecular weight excluding hydrogens is 428 g/mol. The third-order valence-corrected chi connectivity index (χ3v) is 7.38. The van der Waals surface area contributed by atoms with Crippen molar-refractivity contribution in [2.24, 2.45) is 0 Å². The zero-order valence-corrected chi connectivity index (χ0v) is 19.6. The monoisotopic (exact) mass is 460 g/mol. The van der Waals surface area contributed by atoms with Gasteiger partial charge in [0.15, 0.2) is 0 Å². The molecule has 8 heteroatoms. The molecule has 3 rings (SSSR count). The number of amides is 1. The topological polar surface area (TPSA) is 84.9 Å². The lowest BCUT2D eigenvalue weighted by molar-refractivity contribution is -0.116. The highest BCUT2D eigenvalue weighted by Gasteiger charge is 2.34. The van der Waals surface area contributed by atoms with Gasteiger partial charge in [0.2, 0.25) is 15.9 Å². The molecule has 32 heavy (non-hydrogen) atoms. The van der Waals surface area contributed by atoms with Gasteiger partial charge in [-0.25, -0.2) is 8.42 Å². The van der Waals surface area contributed by atoms with Crippen LogP contribution in [0.1, 0.15) is 46.0 Å². The molecule has 174 valence electrons. The van der Waals surface area contributed by atoms with Crippen molar-refractivity contribution in [2.75, 3.05) is 25.1 Å². The molecule has 2 aromatic carbocycles. The maximum Gasteiger partial charge on any atom is 0.243 e. The quantitative estimate of drug-likeness (QED) is 0.566. The first-order valence-corrected chi connectivity index (χ1v) is 12.7. The van der Waals surface area contributed by atoms with Crippen LogP contribution in [-0.4, -0.2) is 44.4 Å². The molecule has 1 aliphatic carbocycles. The third kappa shape index (κ3) is 6.23. The zero-order valence-electron chi connectivity index (χ0n) is 18.7. The molecule has 0 heterocycles. The Morgan fingerprint density at radius 2 is 1.44 bits per heavy atom. The molecule has 1 amide bonds. The van der Waals surface area contributed by atoms with Crippen molar-refractivity contribution in [2.45, 2.75) is 56.9 Å². The van der Waals surface area contributed by atoms with Crippen LogP contribution in [0.15, 0.2) is 53.4 Å². The Morgan fingerprint density at radius 1 is 0.906 bits per heavy atom. The number of ether oxygens (including phenoxy) is 2. The molecule has 0 radical (unpaired) electrons. The minimum absolute atomic E-state index is 0.167. The number of nitrogens with zero attached hydrogens (tertiary/aromatic N) is 1. The van der Waals surface area contributed by atoms with Gasteiger partial charge < -0.3 is 14.8 Å². The number of carbonyl (C=O) groups is 1. The van der Waals surface area contributed by atoms with E-state index in [0.717, 1.165) is 32.1 Å². The molecule has 0 atom stereocenters. The molecule has 0 unspecified atom stereocenters. The van der Waals surface area contributed by atoms with Gasteiger partial charge in [0.1, 0.15) is 11.5 Å². The van der Waals surface area contributed by atoms with Crippen molar-refractivity contribution in [3.8, 4) is 11.5 Å². The molecule has 1 N–H and O–H groups in total. The molecule has 0 aromatic heterocycles. The van der Waals surface area contributed by atoms with Gasteiger partial charge in [-0.3, -0.25) is 4.79 Å². The number of hydrogen-bond acceptors (Lipinski definition) is 5. The van der Waals surface area contributed by atoms with E-state index >= 15 is 0 Å². The molecule has 1 saturated carbocycles. The Labute approximate surface area is 190 Å². The summed E-state index contributed by atoms with van der Waals surface area (Å²) < 4.78 is 39.2. The highest BCUT2D eigenvalue weighted by molar-refractivity contribution is 7.89. The van der Waals surface area contributed by atoms with Gasteiger partial charge in [-0.15, -0.1) is 0 Å². The van der Waals surface area contributed by atoms with E-state index in [-0.39, 0.29) is 23.4 Å². The maximum absolute atomic E-state index is 13.5. The Hall–Kier alpha value is -2.58. The van der Waals surface area contributed by atoms with Gasteiger partial charge in [0.05, 0.1) is 24.7 Å². The number of benzene rings is 2. The predicted molar refractivity (Wildman–Crippen MR) is 125 cm³/mol. The number of carbonyl (C=O) groups excluding carboxylic acids is 1. The van der Waals surface area contributed by atoms with E-state index in [4.69, 9.17) is 9.47 Å². The largest absolute Gasteiger partial charge is 0.494 e. The highest BCUT2D eigenvalue weighted by atomic mass is 32.2. The van der Waals surface area contributed by atoms with Crippen LogP contribution < -0.4 is 14.8 Å². The van der Waals surface area contributed by atoms with Crippen molar-refractivity contribution in [3.05, 3.63) is 48.5 Å². The first kappa shape index (κ1) is 24.1. The van der Waals surface area contributed by atoms with Gasteiger partial charge in [-0.05, 0) is 75.2 Å². The Balaban J connectivity index is 1.78. The average Bonchev–Trinajstić information content (AvgIpc) is 2.80. The van der Waals surface area contributed by atoms with Gasteiger partial charge in [-0.2, -0.15) is 4.31 Å². The van der Waals surface area contributed by atoms with Crippen molar-refractivity contribution >= 4 is 21.6 Å². The Bertz CT molecular complexity index is 968. The predicted octanol–water partition coefficient (Wildman–Crippen LogP) is 4.45. The average molecular weight is 461 g/mol. The molecule has 2 aromatic rings. The van der Waals surface area contributed by atoms with E-state index < -0.39 is 10.0 Å². The number of sulfonamides is 1. The first-order valence-electron chi connectivity index (χ1n) is 11.2. The fraction of sp³-hybridized carbons (Fsp3) is 0.458. The highest BCUT2D eigenvalue weighted by Crippen LogP contribution is 2.29. The minimum atomic E-state index is -3.84. The van der Waals surface area contributed by atoms with E-state index in [0.29, 0.717) is 30.4 Å². The lowest BCUT2D eigenvalue weighted by Gasteiger charge is -2.33. The third-order valence-electron chi connectivity index (χ3n) is 5.47. The van der Waals surface area contributed by atoms with Crippen LogP contribution >= 0.6 is 0 Å². The van der Waals surface area contributed by atoms with Gasteiger partial charge in [0.25, 0.3) is 0 Å². The molecule has 1 aliphatic rings. The fourth-order valence-electron chi connectivity index (χ4n) is 3.93. The van der Waals surface area contributed by atoms with Crippen LogP contribution in [0.2, 0.25) is 0 Å². The van der Waals surface area contributed by atoms with Crippen molar-refractivity contribution < 1.29 is 22.7 Å². The second-order valence-electron chi connectivity index (χ2n) is 7.75. The van der Waals surface area contributed by atoms with E-state index in [1.165, 1.54) is 4.31 Å². The van der Waals surface area contributed by atoms with Gasteiger partial charge >= 0.3 is 0 Å². The molecule has 0 saturated heterocycles. The molecule has 1 fully saturated rings. The molecule has 7 nitrogen and oxygen atoms in total. The number of nitrogens with one attached hydrogen (secondary N) is 1. The lowest BCUT2D eigenvalue weighted by Crippen LogP contribution is -2.45. The van der Waals surface area contributed by atoms with E-state index in [2.05, 4.69) is 5.32 Å². The standard InChI is InChI=1S/C24H32N2O5S/c1-3-30-21-12-10-19(11-13-21)25-24(27)18-26(20-8-6-5-7-9-20)32(28,29)23-16-14-22(15-17-23)31-4-2/h10-17,20H,3-9,18H2,1-2H3,(H,25,27). The second-order valence-corrected chi connectivity index (χ2v) is 9.64. The maximum atomic E-state index is 13.5. The van der Waals surface area contributed by atoms with Crippen molar-refractivity contribution in [1.82, 2.24) is 4.31 Å². The van der Waals surface area contributed by atoms with E-state index in [1.807, 2.05) is 13.8 Å². The van der Waals surface area contributed by atoms with E-state index in [9.17, 15) is 13.2 Å².